The van der Waals surface area contributed by atoms with Gasteiger partial charge < -0.3 is 15.4 Å². The number of nitrogens with one attached hydrogen (secondary N) is 2. The van der Waals surface area contributed by atoms with Crippen LogP contribution in [0.3, 0.4) is 0 Å². The number of hydrogen-bond acceptors (Lipinski definition) is 6. The topological polar surface area (TPSA) is 93.2 Å². The lowest BCUT2D eigenvalue weighted by atomic mass is 10.1. The Hall–Kier alpha value is -4.11. The smallest absolute Gasteiger partial charge is 0.286 e. The fourth-order valence-electron chi connectivity index (χ4n) is 3.06. The predicted octanol–water partition coefficient (Wildman–Crippen LogP) is 4.75. The molecule has 0 atom stereocenters. The molecule has 0 aliphatic rings. The average Bonchev–Trinajstić information content (AvgIpc) is 3.32. The molecular weight excluding hydrogens is 455 g/mol. The van der Waals surface area contributed by atoms with Crippen molar-refractivity contribution in [2.45, 2.75) is 20.1 Å². The number of anilines is 1. The largest absolute Gasteiger partial charge is 0.486 e. The summed E-state index contributed by atoms with van der Waals surface area (Å²) < 4.78 is 19.4. The van der Waals surface area contributed by atoms with E-state index >= 15 is 0 Å². The Morgan fingerprint density at radius 2 is 1.76 bits per heavy atom. The third-order valence-electron chi connectivity index (χ3n) is 4.82. The minimum absolute atomic E-state index is 0.0803. The van der Waals surface area contributed by atoms with Crippen molar-refractivity contribution in [3.8, 4) is 5.75 Å². The number of hydrogen-bond donors (Lipinski definition) is 2. The van der Waals surface area contributed by atoms with Gasteiger partial charge >= 0.3 is 0 Å². The van der Waals surface area contributed by atoms with Gasteiger partial charge in [0, 0.05) is 23.4 Å². The number of amides is 2. The van der Waals surface area contributed by atoms with Crippen LogP contribution in [0.5, 0.6) is 5.75 Å². The maximum absolute atomic E-state index is 13.7. The number of benzene rings is 3. The van der Waals surface area contributed by atoms with Gasteiger partial charge in [-0.05, 0) is 55.0 Å². The Morgan fingerprint density at radius 1 is 0.971 bits per heavy atom. The zero-order chi connectivity index (χ0) is 23.9. The lowest BCUT2D eigenvalue weighted by Gasteiger charge is -2.07. The predicted molar refractivity (Wildman–Crippen MR) is 127 cm³/mol. The number of carbonyl (C=O) groups excluding carboxylic acids is 2. The molecule has 4 aromatic rings. The number of aromatic nitrogens is 2. The Kier molecular flexibility index (Phi) is 7.24. The van der Waals surface area contributed by atoms with Gasteiger partial charge in [-0.2, -0.15) is 0 Å². The van der Waals surface area contributed by atoms with Crippen molar-refractivity contribution < 1.29 is 18.7 Å². The first kappa shape index (κ1) is 23.1. The van der Waals surface area contributed by atoms with Gasteiger partial charge in [0.15, 0.2) is 5.01 Å². The minimum Gasteiger partial charge on any atom is -0.486 e. The molecule has 4 rings (SSSR count). The van der Waals surface area contributed by atoms with Crippen molar-refractivity contribution in [2.24, 2.45) is 0 Å². The normalized spacial score (nSPS) is 10.5. The molecule has 1 heterocycles. The van der Waals surface area contributed by atoms with E-state index in [0.29, 0.717) is 21.8 Å². The molecule has 0 saturated carbocycles. The van der Waals surface area contributed by atoms with E-state index in [2.05, 4.69) is 20.8 Å². The van der Waals surface area contributed by atoms with Gasteiger partial charge in [-0.3, -0.25) is 9.59 Å². The number of rotatable bonds is 8. The SMILES string of the molecule is Cc1cccc(OCc2nnc(C(=O)Nc3ccc(C(=O)NCc4ccccc4F)cc3)s2)c1. The number of carbonyl (C=O) groups is 2. The van der Waals surface area contributed by atoms with Gasteiger partial charge in [-0.1, -0.05) is 41.7 Å². The highest BCUT2D eigenvalue weighted by Crippen LogP contribution is 2.18. The maximum Gasteiger partial charge on any atom is 0.286 e. The molecule has 0 saturated heterocycles. The second kappa shape index (κ2) is 10.7. The van der Waals surface area contributed by atoms with E-state index in [1.165, 1.54) is 6.07 Å². The number of halogens is 1. The Bertz CT molecular complexity index is 1310. The molecule has 0 aliphatic heterocycles. The molecule has 0 bridgehead atoms. The van der Waals surface area contributed by atoms with Crippen LogP contribution in [0, 0.1) is 12.7 Å². The van der Waals surface area contributed by atoms with Crippen LogP contribution in [0.25, 0.3) is 0 Å². The van der Waals surface area contributed by atoms with Crippen molar-refractivity contribution >= 4 is 28.8 Å². The molecule has 0 radical (unpaired) electrons. The zero-order valence-electron chi connectivity index (χ0n) is 18.2. The molecule has 1 aromatic heterocycles. The van der Waals surface area contributed by atoms with Crippen LogP contribution in [-0.4, -0.2) is 22.0 Å². The van der Waals surface area contributed by atoms with Crippen LogP contribution in [0.2, 0.25) is 0 Å². The van der Waals surface area contributed by atoms with E-state index in [1.807, 2.05) is 31.2 Å². The highest BCUT2D eigenvalue weighted by molar-refractivity contribution is 7.13. The summed E-state index contributed by atoms with van der Waals surface area (Å²) in [4.78, 5) is 24.8. The molecule has 172 valence electrons. The molecule has 2 N–H and O–H groups in total. The van der Waals surface area contributed by atoms with Crippen molar-refractivity contribution in [1.29, 1.82) is 0 Å². The lowest BCUT2D eigenvalue weighted by Crippen LogP contribution is -2.23. The second-order valence-electron chi connectivity index (χ2n) is 7.41. The van der Waals surface area contributed by atoms with E-state index in [9.17, 15) is 14.0 Å². The van der Waals surface area contributed by atoms with Gasteiger partial charge in [0.2, 0.25) is 5.01 Å². The van der Waals surface area contributed by atoms with Crippen molar-refractivity contribution in [2.75, 3.05) is 5.32 Å². The van der Waals surface area contributed by atoms with E-state index < -0.39 is 5.91 Å². The van der Waals surface area contributed by atoms with Gasteiger partial charge in [0.05, 0.1) is 0 Å². The van der Waals surface area contributed by atoms with Crippen LogP contribution in [-0.2, 0) is 13.2 Å². The maximum atomic E-state index is 13.7. The van der Waals surface area contributed by atoms with Crippen molar-refractivity contribution in [3.05, 3.63) is 105 Å². The second-order valence-corrected chi connectivity index (χ2v) is 8.47. The van der Waals surface area contributed by atoms with E-state index in [1.54, 1.807) is 42.5 Å². The van der Waals surface area contributed by atoms with Gasteiger partial charge in [-0.25, -0.2) is 4.39 Å². The molecule has 2 amide bonds. The van der Waals surface area contributed by atoms with Crippen molar-refractivity contribution in [1.82, 2.24) is 15.5 Å². The highest BCUT2D eigenvalue weighted by atomic mass is 32.1. The summed E-state index contributed by atoms with van der Waals surface area (Å²) >= 11 is 1.14. The first-order chi connectivity index (χ1) is 16.5. The average molecular weight is 477 g/mol. The van der Waals surface area contributed by atoms with Crippen LogP contribution >= 0.6 is 11.3 Å². The number of aryl methyl sites for hydroxylation is 1. The van der Waals surface area contributed by atoms with E-state index in [4.69, 9.17) is 4.74 Å². The summed E-state index contributed by atoms with van der Waals surface area (Å²) in [7, 11) is 0. The molecule has 0 unspecified atom stereocenters. The van der Waals surface area contributed by atoms with Crippen LogP contribution < -0.4 is 15.4 Å². The van der Waals surface area contributed by atoms with Crippen LogP contribution in [0.15, 0.2) is 72.8 Å². The monoisotopic (exact) mass is 476 g/mol. The molecule has 0 aliphatic carbocycles. The Morgan fingerprint density at radius 3 is 2.53 bits per heavy atom. The third kappa shape index (κ3) is 6.02. The van der Waals surface area contributed by atoms with Crippen LogP contribution in [0.4, 0.5) is 10.1 Å². The fraction of sp³-hybridized carbons (Fsp3) is 0.120. The summed E-state index contributed by atoms with van der Waals surface area (Å²) in [6.45, 7) is 2.27. The Balaban J connectivity index is 1.29. The molecule has 0 fully saturated rings. The van der Waals surface area contributed by atoms with Gasteiger partial charge in [0.1, 0.15) is 18.2 Å². The summed E-state index contributed by atoms with van der Waals surface area (Å²) in [6, 6.07) is 20.3. The standard InChI is InChI=1S/C25H21FN4O3S/c1-16-5-4-7-20(13-16)33-15-22-29-30-25(34-22)24(32)28-19-11-9-17(10-12-19)23(31)27-14-18-6-2-3-8-21(18)26/h2-13H,14-15H2,1H3,(H,27,31)(H,28,32). The van der Waals surface area contributed by atoms with Gasteiger partial charge in [0.25, 0.3) is 11.8 Å². The first-order valence-electron chi connectivity index (χ1n) is 10.4. The van der Waals surface area contributed by atoms with Crippen molar-refractivity contribution in [3.63, 3.8) is 0 Å². The molecule has 3 aromatic carbocycles. The van der Waals surface area contributed by atoms with E-state index in [0.717, 1.165) is 22.6 Å². The lowest BCUT2D eigenvalue weighted by molar-refractivity contribution is 0.0950. The summed E-state index contributed by atoms with van der Waals surface area (Å²) in [5.41, 5.74) is 2.38. The van der Waals surface area contributed by atoms with E-state index in [-0.39, 0.29) is 29.9 Å². The van der Waals surface area contributed by atoms with Crippen LogP contribution in [0.1, 0.15) is 36.3 Å². The molecule has 9 heteroatoms. The first-order valence-corrected chi connectivity index (χ1v) is 11.2. The third-order valence-corrected chi connectivity index (χ3v) is 5.71. The molecule has 7 nitrogen and oxygen atoms in total. The highest BCUT2D eigenvalue weighted by Gasteiger charge is 2.14. The quantitative estimate of drug-likeness (QED) is 0.383. The Labute approximate surface area is 199 Å². The molecule has 0 spiro atoms. The molecule has 34 heavy (non-hydrogen) atoms. The summed E-state index contributed by atoms with van der Waals surface area (Å²) in [6.07, 6.45) is 0. The molecular formula is C25H21FN4O3S. The van der Waals surface area contributed by atoms with Gasteiger partial charge in [-0.15, -0.1) is 10.2 Å². The number of ether oxygens (including phenoxy) is 1. The summed E-state index contributed by atoms with van der Waals surface area (Å²) in [5, 5.41) is 14.1. The fourth-order valence-corrected chi connectivity index (χ4v) is 3.71. The number of nitrogens with zero attached hydrogens (tertiary/aromatic N) is 2. The minimum atomic E-state index is -0.406. The summed E-state index contributed by atoms with van der Waals surface area (Å²) in [5.74, 6) is -0.402. The zero-order valence-corrected chi connectivity index (χ0v) is 19.1.